The zero-order valence-corrected chi connectivity index (χ0v) is 18.5. The molecule has 0 heterocycles. The van der Waals surface area contributed by atoms with E-state index >= 15 is 0 Å². The smallest absolute Gasteiger partial charge is 0.345 e. The third-order valence-electron chi connectivity index (χ3n) is 4.79. The van der Waals surface area contributed by atoms with E-state index in [1.807, 2.05) is 30.3 Å². The molecule has 0 atom stereocenters. The lowest BCUT2D eigenvalue weighted by atomic mass is 10.0. The normalized spacial score (nSPS) is 10.9. The van der Waals surface area contributed by atoms with Crippen LogP contribution in [0.5, 0.6) is 11.5 Å². The maximum atomic E-state index is 13.0. The summed E-state index contributed by atoms with van der Waals surface area (Å²) < 4.78 is 23.9. The fraction of sp³-hybridized carbons (Fsp3) is 0.0385. The summed E-state index contributed by atoms with van der Waals surface area (Å²) >= 11 is 6.12. The molecule has 0 fully saturated rings. The lowest BCUT2D eigenvalue weighted by Crippen LogP contribution is -2.24. The number of hydrogen-bond donors (Lipinski definition) is 1. The fourth-order valence-corrected chi connectivity index (χ4v) is 3.37. The SMILES string of the molecule is O=C(COc1ccc(F)cc1)N/N=C\c1c(OC(=O)c2ccccc2Cl)ccc2ccccc12. The highest BCUT2D eigenvalue weighted by Gasteiger charge is 2.15. The molecule has 4 rings (SSSR count). The molecular weight excluding hydrogens is 459 g/mol. The molecule has 8 heteroatoms. The van der Waals surface area contributed by atoms with Gasteiger partial charge in [-0.1, -0.05) is 54.1 Å². The number of hydrazone groups is 1. The van der Waals surface area contributed by atoms with E-state index < -0.39 is 17.7 Å². The van der Waals surface area contributed by atoms with Crippen LogP contribution in [0.1, 0.15) is 15.9 Å². The van der Waals surface area contributed by atoms with Crippen LogP contribution in [0, 0.1) is 5.82 Å². The van der Waals surface area contributed by atoms with Crippen LogP contribution in [-0.2, 0) is 4.79 Å². The molecular formula is C26H18ClFN2O4. The van der Waals surface area contributed by atoms with Gasteiger partial charge in [0.05, 0.1) is 16.8 Å². The lowest BCUT2D eigenvalue weighted by molar-refractivity contribution is -0.123. The Labute approximate surface area is 199 Å². The lowest BCUT2D eigenvalue weighted by Gasteiger charge is -2.11. The number of esters is 1. The van der Waals surface area contributed by atoms with Crippen LogP contribution >= 0.6 is 11.6 Å². The standard InChI is InChI=1S/C26H18ClFN2O4/c27-23-8-4-3-7-21(23)26(32)34-24-14-9-17-5-1-2-6-20(17)22(24)15-29-30-25(31)16-33-19-12-10-18(28)11-13-19/h1-15H,16H2,(H,30,31)/b29-15-. The zero-order valence-electron chi connectivity index (χ0n) is 17.7. The molecule has 0 aliphatic carbocycles. The first kappa shape index (κ1) is 22.9. The van der Waals surface area contributed by atoms with Crippen LogP contribution in [-0.4, -0.2) is 24.7 Å². The summed E-state index contributed by atoms with van der Waals surface area (Å²) in [6.07, 6.45) is 1.40. The number of ether oxygens (including phenoxy) is 2. The quantitative estimate of drug-likeness (QED) is 0.168. The van der Waals surface area contributed by atoms with Gasteiger partial charge in [-0.2, -0.15) is 5.10 Å². The Kier molecular flexibility index (Phi) is 7.15. The van der Waals surface area contributed by atoms with Crippen molar-refractivity contribution in [2.75, 3.05) is 6.61 Å². The van der Waals surface area contributed by atoms with E-state index in [2.05, 4.69) is 10.5 Å². The van der Waals surface area contributed by atoms with Gasteiger partial charge in [0.1, 0.15) is 17.3 Å². The van der Waals surface area contributed by atoms with E-state index in [9.17, 15) is 14.0 Å². The van der Waals surface area contributed by atoms with Gasteiger partial charge in [-0.15, -0.1) is 0 Å². The Hall–Kier alpha value is -4.23. The first-order chi connectivity index (χ1) is 16.5. The number of nitrogens with one attached hydrogen (secondary N) is 1. The average molecular weight is 477 g/mol. The van der Waals surface area contributed by atoms with Gasteiger partial charge in [0.25, 0.3) is 5.91 Å². The molecule has 6 nitrogen and oxygen atoms in total. The van der Waals surface area contributed by atoms with E-state index in [0.29, 0.717) is 11.3 Å². The van der Waals surface area contributed by atoms with Crippen LogP contribution in [0.2, 0.25) is 5.02 Å². The molecule has 4 aromatic rings. The Morgan fingerprint density at radius 2 is 1.68 bits per heavy atom. The minimum atomic E-state index is -0.618. The third-order valence-corrected chi connectivity index (χ3v) is 5.12. The molecule has 0 radical (unpaired) electrons. The molecule has 0 aromatic heterocycles. The first-order valence-electron chi connectivity index (χ1n) is 10.2. The Morgan fingerprint density at radius 3 is 2.47 bits per heavy atom. The topological polar surface area (TPSA) is 77.0 Å². The Bertz CT molecular complexity index is 1370. The summed E-state index contributed by atoms with van der Waals surface area (Å²) in [5, 5.41) is 5.94. The molecule has 0 aliphatic heterocycles. The predicted octanol–water partition coefficient (Wildman–Crippen LogP) is 5.38. The highest BCUT2D eigenvalue weighted by atomic mass is 35.5. The second kappa shape index (κ2) is 10.6. The molecule has 0 saturated carbocycles. The molecule has 1 N–H and O–H groups in total. The van der Waals surface area contributed by atoms with Crippen molar-refractivity contribution in [1.29, 1.82) is 0 Å². The molecule has 1 amide bonds. The predicted molar refractivity (Wildman–Crippen MR) is 128 cm³/mol. The van der Waals surface area contributed by atoms with Crippen molar-refractivity contribution in [3.8, 4) is 11.5 Å². The van der Waals surface area contributed by atoms with Gasteiger partial charge in [-0.3, -0.25) is 4.79 Å². The van der Waals surface area contributed by atoms with Crippen LogP contribution in [0.4, 0.5) is 4.39 Å². The summed E-state index contributed by atoms with van der Waals surface area (Å²) in [5.41, 5.74) is 3.10. The summed E-state index contributed by atoms with van der Waals surface area (Å²) in [4.78, 5) is 24.8. The molecule has 0 saturated heterocycles. The van der Waals surface area contributed by atoms with Crippen molar-refractivity contribution >= 4 is 40.5 Å². The molecule has 4 aromatic carbocycles. The summed E-state index contributed by atoms with van der Waals surface area (Å²) in [6.45, 7) is -0.313. The number of benzene rings is 4. The van der Waals surface area contributed by atoms with Gasteiger partial charge < -0.3 is 9.47 Å². The van der Waals surface area contributed by atoms with Crippen molar-refractivity contribution in [3.63, 3.8) is 0 Å². The van der Waals surface area contributed by atoms with Crippen LogP contribution in [0.15, 0.2) is 90.0 Å². The number of carbonyl (C=O) groups is 2. The number of nitrogens with zero attached hydrogens (tertiary/aromatic N) is 1. The van der Waals surface area contributed by atoms with Crippen LogP contribution < -0.4 is 14.9 Å². The van der Waals surface area contributed by atoms with Gasteiger partial charge in [0.15, 0.2) is 6.61 Å². The van der Waals surface area contributed by atoms with Gasteiger partial charge >= 0.3 is 5.97 Å². The van der Waals surface area contributed by atoms with Crippen molar-refractivity contribution in [2.24, 2.45) is 5.10 Å². The summed E-state index contributed by atoms with van der Waals surface area (Å²) in [5.74, 6) is -0.933. The van der Waals surface area contributed by atoms with Crippen LogP contribution in [0.25, 0.3) is 10.8 Å². The monoisotopic (exact) mass is 476 g/mol. The van der Waals surface area contributed by atoms with Gasteiger partial charge in [0, 0.05) is 5.56 Å². The van der Waals surface area contributed by atoms with E-state index in [0.717, 1.165) is 10.8 Å². The second-order valence-electron chi connectivity index (χ2n) is 7.10. The number of carbonyl (C=O) groups excluding carboxylic acids is 2. The Balaban J connectivity index is 1.51. The van der Waals surface area contributed by atoms with Crippen molar-refractivity contribution in [2.45, 2.75) is 0 Å². The van der Waals surface area contributed by atoms with Crippen molar-refractivity contribution in [3.05, 3.63) is 107 Å². The highest BCUT2D eigenvalue weighted by Crippen LogP contribution is 2.28. The fourth-order valence-electron chi connectivity index (χ4n) is 3.16. The molecule has 34 heavy (non-hydrogen) atoms. The number of rotatable bonds is 7. The average Bonchev–Trinajstić information content (AvgIpc) is 2.85. The van der Waals surface area contributed by atoms with Gasteiger partial charge in [-0.25, -0.2) is 14.6 Å². The Morgan fingerprint density at radius 1 is 0.941 bits per heavy atom. The van der Waals surface area contributed by atoms with E-state index in [1.54, 1.807) is 30.3 Å². The summed E-state index contributed by atoms with van der Waals surface area (Å²) in [6, 6.07) is 22.8. The van der Waals surface area contributed by atoms with Gasteiger partial charge in [-0.05, 0) is 53.2 Å². The van der Waals surface area contributed by atoms with Gasteiger partial charge in [0.2, 0.25) is 0 Å². The third kappa shape index (κ3) is 5.57. The molecule has 0 bridgehead atoms. The summed E-state index contributed by atoms with van der Waals surface area (Å²) in [7, 11) is 0. The molecule has 0 unspecified atom stereocenters. The molecule has 0 spiro atoms. The maximum Gasteiger partial charge on any atom is 0.345 e. The number of halogens is 2. The number of amides is 1. The van der Waals surface area contributed by atoms with Crippen molar-refractivity contribution in [1.82, 2.24) is 5.43 Å². The number of hydrogen-bond acceptors (Lipinski definition) is 5. The maximum absolute atomic E-state index is 13.0. The largest absolute Gasteiger partial charge is 0.484 e. The molecule has 170 valence electrons. The van der Waals surface area contributed by atoms with E-state index in [4.69, 9.17) is 21.1 Å². The molecule has 0 aliphatic rings. The van der Waals surface area contributed by atoms with E-state index in [1.165, 1.54) is 30.5 Å². The highest BCUT2D eigenvalue weighted by molar-refractivity contribution is 6.33. The van der Waals surface area contributed by atoms with E-state index in [-0.39, 0.29) is 22.9 Å². The zero-order chi connectivity index (χ0) is 23.9. The number of fused-ring (bicyclic) bond motifs is 1. The van der Waals surface area contributed by atoms with Crippen molar-refractivity contribution < 1.29 is 23.5 Å². The first-order valence-corrected chi connectivity index (χ1v) is 10.6. The second-order valence-corrected chi connectivity index (χ2v) is 7.51. The minimum absolute atomic E-state index is 0.228. The van der Waals surface area contributed by atoms with Crippen LogP contribution in [0.3, 0.4) is 0 Å². The minimum Gasteiger partial charge on any atom is -0.484 e.